The lowest BCUT2D eigenvalue weighted by atomic mass is 10.2. The van der Waals surface area contributed by atoms with Crippen LogP contribution in [0.4, 0.5) is 0 Å². The van der Waals surface area contributed by atoms with E-state index in [9.17, 15) is 4.79 Å². The number of aryl methyl sites for hydroxylation is 1. The summed E-state index contributed by atoms with van der Waals surface area (Å²) in [4.78, 5) is 20.5. The second-order valence-corrected chi connectivity index (χ2v) is 5.21. The van der Waals surface area contributed by atoms with Crippen LogP contribution in [0.15, 0.2) is 42.7 Å². The van der Waals surface area contributed by atoms with E-state index in [4.69, 9.17) is 11.6 Å². The van der Waals surface area contributed by atoms with Gasteiger partial charge in [-0.05, 0) is 48.4 Å². The van der Waals surface area contributed by atoms with E-state index in [1.54, 1.807) is 24.5 Å². The van der Waals surface area contributed by atoms with Crippen molar-refractivity contribution >= 4 is 28.5 Å². The first-order chi connectivity index (χ1) is 10.7. The van der Waals surface area contributed by atoms with E-state index in [1.165, 1.54) is 0 Å². The first kappa shape index (κ1) is 14.5. The van der Waals surface area contributed by atoms with Crippen LogP contribution in [-0.2, 0) is 13.1 Å². The third-order valence-electron chi connectivity index (χ3n) is 3.46. The topological polar surface area (TPSA) is 59.8 Å². The van der Waals surface area contributed by atoms with Crippen molar-refractivity contribution in [2.75, 3.05) is 0 Å². The van der Waals surface area contributed by atoms with Gasteiger partial charge in [-0.2, -0.15) is 0 Å². The number of carbonyl (C=O) groups is 1. The number of imidazole rings is 1. The van der Waals surface area contributed by atoms with E-state index in [2.05, 4.69) is 15.3 Å². The summed E-state index contributed by atoms with van der Waals surface area (Å²) in [5, 5.41) is 3.30. The molecular formula is C16H15ClN4O. The zero-order valence-electron chi connectivity index (χ0n) is 12.1. The van der Waals surface area contributed by atoms with Crippen LogP contribution in [-0.4, -0.2) is 20.4 Å². The number of hydrogen-bond donors (Lipinski definition) is 1. The molecule has 2 heterocycles. The minimum atomic E-state index is -0.145. The number of carbonyl (C=O) groups excluding carboxylic acids is 1. The first-order valence-electron chi connectivity index (χ1n) is 7.02. The lowest BCUT2D eigenvalue weighted by Crippen LogP contribution is -2.22. The molecule has 0 spiro atoms. The van der Waals surface area contributed by atoms with Gasteiger partial charge in [-0.15, -0.1) is 0 Å². The molecule has 0 aliphatic carbocycles. The van der Waals surface area contributed by atoms with Gasteiger partial charge in [0.1, 0.15) is 0 Å². The molecule has 3 rings (SSSR count). The largest absolute Gasteiger partial charge is 0.348 e. The quantitative estimate of drug-likeness (QED) is 0.805. The highest BCUT2D eigenvalue weighted by atomic mass is 35.5. The number of nitrogens with zero attached hydrogens (tertiary/aromatic N) is 3. The van der Waals surface area contributed by atoms with Gasteiger partial charge in [0.05, 0.1) is 11.0 Å². The Labute approximate surface area is 133 Å². The summed E-state index contributed by atoms with van der Waals surface area (Å²) < 4.78 is 1.90. The maximum atomic E-state index is 12.2. The maximum absolute atomic E-state index is 12.2. The van der Waals surface area contributed by atoms with Crippen LogP contribution in [0.5, 0.6) is 0 Å². The minimum absolute atomic E-state index is 0.145. The van der Waals surface area contributed by atoms with Crippen molar-refractivity contribution in [1.82, 2.24) is 19.9 Å². The standard InChI is InChI=1S/C16H15ClN4O/c1-2-21-14-6-5-12(8-13(14)20-16(21)17)15(22)19-10-11-4-3-7-18-9-11/h3-9H,2,10H2,1H3,(H,19,22). The summed E-state index contributed by atoms with van der Waals surface area (Å²) in [7, 11) is 0. The van der Waals surface area contributed by atoms with Gasteiger partial charge < -0.3 is 9.88 Å². The van der Waals surface area contributed by atoms with Crippen molar-refractivity contribution in [3.05, 3.63) is 59.1 Å². The number of fused-ring (bicyclic) bond motifs is 1. The summed E-state index contributed by atoms with van der Waals surface area (Å²) >= 11 is 6.09. The van der Waals surface area contributed by atoms with Gasteiger partial charge in [-0.25, -0.2) is 4.98 Å². The van der Waals surface area contributed by atoms with Gasteiger partial charge in [-0.3, -0.25) is 9.78 Å². The third kappa shape index (κ3) is 2.80. The van der Waals surface area contributed by atoms with Crippen LogP contribution in [0.2, 0.25) is 5.28 Å². The molecule has 0 saturated heterocycles. The van der Waals surface area contributed by atoms with E-state index < -0.39 is 0 Å². The fraction of sp³-hybridized carbons (Fsp3) is 0.188. The molecule has 0 radical (unpaired) electrons. The summed E-state index contributed by atoms with van der Waals surface area (Å²) in [5.41, 5.74) is 3.17. The Hall–Kier alpha value is -2.40. The van der Waals surface area contributed by atoms with E-state index in [1.807, 2.05) is 29.7 Å². The summed E-state index contributed by atoms with van der Waals surface area (Å²) in [6, 6.07) is 9.17. The van der Waals surface area contributed by atoms with Gasteiger partial charge in [0, 0.05) is 31.0 Å². The Kier molecular flexibility index (Phi) is 4.06. The van der Waals surface area contributed by atoms with Gasteiger partial charge in [0.2, 0.25) is 5.28 Å². The van der Waals surface area contributed by atoms with E-state index in [-0.39, 0.29) is 5.91 Å². The number of pyridine rings is 1. The van der Waals surface area contributed by atoms with Crippen molar-refractivity contribution in [1.29, 1.82) is 0 Å². The average Bonchev–Trinajstić information content (AvgIpc) is 2.87. The molecular weight excluding hydrogens is 300 g/mol. The Morgan fingerprint density at radius 2 is 2.23 bits per heavy atom. The van der Waals surface area contributed by atoms with Gasteiger partial charge in [0.25, 0.3) is 5.91 Å². The number of halogens is 1. The molecule has 0 aliphatic rings. The molecule has 22 heavy (non-hydrogen) atoms. The molecule has 1 amide bonds. The van der Waals surface area contributed by atoms with Crippen LogP contribution in [0.3, 0.4) is 0 Å². The minimum Gasteiger partial charge on any atom is -0.348 e. The zero-order valence-corrected chi connectivity index (χ0v) is 12.8. The Bertz CT molecular complexity index is 814. The van der Waals surface area contributed by atoms with Crippen LogP contribution < -0.4 is 5.32 Å². The van der Waals surface area contributed by atoms with Gasteiger partial charge >= 0.3 is 0 Å². The van der Waals surface area contributed by atoms with E-state index >= 15 is 0 Å². The second-order valence-electron chi connectivity index (χ2n) is 4.87. The number of rotatable bonds is 4. The fourth-order valence-electron chi connectivity index (χ4n) is 2.33. The molecule has 3 aromatic rings. The summed E-state index contributed by atoms with van der Waals surface area (Å²) in [6.45, 7) is 3.18. The lowest BCUT2D eigenvalue weighted by molar-refractivity contribution is 0.0951. The van der Waals surface area contributed by atoms with Crippen LogP contribution in [0, 0.1) is 0 Å². The highest BCUT2D eigenvalue weighted by Crippen LogP contribution is 2.21. The number of hydrogen-bond acceptors (Lipinski definition) is 3. The van der Waals surface area contributed by atoms with Crippen molar-refractivity contribution in [3.63, 3.8) is 0 Å². The number of amides is 1. The molecule has 6 heteroatoms. The smallest absolute Gasteiger partial charge is 0.251 e. The van der Waals surface area contributed by atoms with Crippen molar-refractivity contribution < 1.29 is 4.79 Å². The zero-order chi connectivity index (χ0) is 15.5. The van der Waals surface area contributed by atoms with Crippen LogP contribution >= 0.6 is 11.6 Å². The number of benzene rings is 1. The monoisotopic (exact) mass is 314 g/mol. The lowest BCUT2D eigenvalue weighted by Gasteiger charge is -2.05. The molecule has 0 bridgehead atoms. The number of nitrogens with one attached hydrogen (secondary N) is 1. The third-order valence-corrected chi connectivity index (χ3v) is 3.74. The molecule has 1 aromatic carbocycles. The normalized spacial score (nSPS) is 10.8. The van der Waals surface area contributed by atoms with Crippen molar-refractivity contribution in [2.24, 2.45) is 0 Å². The second kappa shape index (κ2) is 6.15. The molecule has 1 N–H and O–H groups in total. The highest BCUT2D eigenvalue weighted by Gasteiger charge is 2.11. The molecule has 112 valence electrons. The van der Waals surface area contributed by atoms with Crippen molar-refractivity contribution in [2.45, 2.75) is 20.0 Å². The van der Waals surface area contributed by atoms with Crippen molar-refractivity contribution in [3.8, 4) is 0 Å². The predicted molar refractivity (Wildman–Crippen MR) is 85.8 cm³/mol. The predicted octanol–water partition coefficient (Wildman–Crippen LogP) is 3.03. The summed E-state index contributed by atoms with van der Waals surface area (Å²) in [5.74, 6) is -0.145. The first-order valence-corrected chi connectivity index (χ1v) is 7.39. The molecule has 0 atom stereocenters. The fourth-order valence-corrected chi connectivity index (χ4v) is 2.63. The van der Waals surface area contributed by atoms with Gasteiger partial charge in [-0.1, -0.05) is 6.07 Å². The maximum Gasteiger partial charge on any atom is 0.251 e. The Morgan fingerprint density at radius 1 is 1.36 bits per heavy atom. The summed E-state index contributed by atoms with van der Waals surface area (Å²) in [6.07, 6.45) is 3.43. The molecule has 0 saturated carbocycles. The SMILES string of the molecule is CCn1c(Cl)nc2cc(C(=O)NCc3cccnc3)ccc21. The van der Waals surface area contributed by atoms with Crippen LogP contribution in [0.25, 0.3) is 11.0 Å². The molecule has 2 aromatic heterocycles. The number of aromatic nitrogens is 3. The Morgan fingerprint density at radius 3 is 2.95 bits per heavy atom. The average molecular weight is 315 g/mol. The van der Waals surface area contributed by atoms with E-state index in [0.717, 1.165) is 23.1 Å². The molecule has 0 aliphatic heterocycles. The van der Waals surface area contributed by atoms with E-state index in [0.29, 0.717) is 17.4 Å². The molecule has 0 unspecified atom stereocenters. The Balaban J connectivity index is 1.79. The van der Waals surface area contributed by atoms with Gasteiger partial charge in [0.15, 0.2) is 0 Å². The molecule has 5 nitrogen and oxygen atoms in total. The van der Waals surface area contributed by atoms with Crippen LogP contribution in [0.1, 0.15) is 22.8 Å². The highest BCUT2D eigenvalue weighted by molar-refractivity contribution is 6.29. The molecule has 0 fully saturated rings.